The fraction of sp³-hybridized carbons (Fsp3) is 0.400. The molecule has 0 aromatic heterocycles. The number of anilines is 2. The van der Waals surface area contributed by atoms with Crippen LogP contribution in [0.1, 0.15) is 61.1 Å². The Bertz CT molecular complexity index is 2240. The van der Waals surface area contributed by atoms with Crippen LogP contribution in [0.5, 0.6) is 0 Å². The first-order chi connectivity index (χ1) is 34.6. The van der Waals surface area contributed by atoms with E-state index in [2.05, 4.69) is 155 Å². The number of allylic oxidation sites excluding steroid dienone is 7. The molecule has 0 saturated heterocycles. The third-order valence-electron chi connectivity index (χ3n) is 11.5. The lowest BCUT2D eigenvalue weighted by Crippen LogP contribution is -2.31. The molecule has 2 aliphatic carbocycles. The summed E-state index contributed by atoms with van der Waals surface area (Å²) in [6, 6.07) is 30.0. The van der Waals surface area contributed by atoms with Gasteiger partial charge in [0.25, 0.3) is 0 Å². The van der Waals surface area contributed by atoms with E-state index >= 15 is 0 Å². The summed E-state index contributed by atoms with van der Waals surface area (Å²) in [4.78, 5) is 4.58. The normalized spacial score (nSPS) is 12.3. The summed E-state index contributed by atoms with van der Waals surface area (Å²) in [5.74, 6) is 13.8. The van der Waals surface area contributed by atoms with E-state index in [1.165, 1.54) is 16.7 Å². The molecule has 0 saturated carbocycles. The van der Waals surface area contributed by atoms with Crippen LogP contribution in [0.3, 0.4) is 0 Å². The van der Waals surface area contributed by atoms with Gasteiger partial charge in [-0.2, -0.15) is 0 Å². The van der Waals surface area contributed by atoms with Gasteiger partial charge in [0, 0.05) is 86.2 Å². The van der Waals surface area contributed by atoms with Crippen LogP contribution in [0.2, 0.25) is 0 Å². The lowest BCUT2D eigenvalue weighted by Gasteiger charge is -2.25. The molecule has 0 bridgehead atoms. The number of hydrogen-bond acceptors (Lipinski definition) is 10. The highest BCUT2D eigenvalue weighted by Gasteiger charge is 2.26. The number of ether oxygens (including phenoxy) is 8. The molecule has 0 amide bonds. The van der Waals surface area contributed by atoms with E-state index in [1.807, 2.05) is 27.7 Å². The van der Waals surface area contributed by atoms with Crippen LogP contribution in [0.15, 0.2) is 127 Å². The molecular formula is C60H72N2O8. The van der Waals surface area contributed by atoms with Crippen LogP contribution in [0.25, 0.3) is 16.7 Å². The number of rotatable bonds is 30. The van der Waals surface area contributed by atoms with E-state index in [4.69, 9.17) is 37.9 Å². The third-order valence-corrected chi connectivity index (χ3v) is 11.5. The van der Waals surface area contributed by atoms with Crippen molar-refractivity contribution in [2.24, 2.45) is 0 Å². The predicted octanol–water partition coefficient (Wildman–Crippen LogP) is 9.78. The first-order valence-electron chi connectivity index (χ1n) is 25.0. The summed E-state index contributed by atoms with van der Waals surface area (Å²) in [6.45, 7) is 20.8. The molecule has 0 radical (unpaired) electrons. The molecule has 0 atom stereocenters. The van der Waals surface area contributed by atoms with E-state index < -0.39 is 0 Å². The van der Waals surface area contributed by atoms with Crippen LogP contribution in [0, 0.1) is 23.7 Å². The van der Waals surface area contributed by atoms with Crippen molar-refractivity contribution >= 4 is 16.9 Å². The second kappa shape index (κ2) is 31.5. The van der Waals surface area contributed by atoms with Gasteiger partial charge in [-0.25, -0.2) is 0 Å². The molecule has 0 aliphatic heterocycles. The lowest BCUT2D eigenvalue weighted by molar-refractivity contribution is 0.0505. The Hall–Kier alpha value is -5.76. The summed E-state index contributed by atoms with van der Waals surface area (Å²) >= 11 is 0. The van der Waals surface area contributed by atoms with E-state index in [-0.39, 0.29) is 0 Å². The number of nitrogens with zero attached hydrogens (tertiary/aromatic N) is 2. The molecule has 2 aliphatic rings. The molecule has 6 rings (SSSR count). The fourth-order valence-corrected chi connectivity index (χ4v) is 7.95. The molecule has 4 aromatic carbocycles. The summed E-state index contributed by atoms with van der Waals surface area (Å²) in [5.41, 5.74) is 13.0. The number of hydrogen-bond donors (Lipinski definition) is 0. The third kappa shape index (κ3) is 17.6. The van der Waals surface area contributed by atoms with Crippen molar-refractivity contribution in [3.05, 3.63) is 160 Å². The van der Waals surface area contributed by atoms with Gasteiger partial charge >= 0.3 is 0 Å². The topological polar surface area (TPSA) is 80.3 Å². The predicted molar refractivity (Wildman–Crippen MR) is 284 cm³/mol. The van der Waals surface area contributed by atoms with Crippen LogP contribution >= 0.6 is 0 Å². The quantitative estimate of drug-likeness (QED) is 0.0328. The Morgan fingerprint density at radius 1 is 0.329 bits per heavy atom. The van der Waals surface area contributed by atoms with Gasteiger partial charge in [0.15, 0.2) is 0 Å². The highest BCUT2D eigenvalue weighted by molar-refractivity contribution is 6.04. The molecule has 0 fully saturated rings. The standard InChI is InChI=1S/C60H72N2O8/c1-5-63-39-43-67-35-31-61(32-36-68-44-40-64-6-2)54-25-19-49(20-26-54)15-17-51-23-29-56-57-30-24-52(48-59(57)60(58(56)47-51)53-13-11-9-10-12-14-53)18-16-50-21-27-55(28-22-50)62(33-37-69-45-41-65-7-3)34-38-70-46-42-66-8-4/h9-14,19-30,47-48H,5-8,31-46H2,1-4H3. The van der Waals surface area contributed by atoms with Gasteiger partial charge in [0.2, 0.25) is 0 Å². The highest BCUT2D eigenvalue weighted by Crippen LogP contribution is 2.47. The minimum atomic E-state index is 0.576. The molecule has 0 unspecified atom stereocenters. The van der Waals surface area contributed by atoms with Crippen molar-refractivity contribution in [2.45, 2.75) is 27.7 Å². The molecule has 70 heavy (non-hydrogen) atoms. The largest absolute Gasteiger partial charge is 0.379 e. The summed E-state index contributed by atoms with van der Waals surface area (Å²) in [6.07, 6.45) is 12.7. The summed E-state index contributed by atoms with van der Waals surface area (Å²) < 4.78 is 45.2. The van der Waals surface area contributed by atoms with E-state index in [9.17, 15) is 0 Å². The minimum Gasteiger partial charge on any atom is -0.379 e. The van der Waals surface area contributed by atoms with Gasteiger partial charge in [-0.15, -0.1) is 0 Å². The Morgan fingerprint density at radius 3 is 0.986 bits per heavy atom. The smallest absolute Gasteiger partial charge is 0.0701 e. The van der Waals surface area contributed by atoms with Crippen molar-refractivity contribution in [1.29, 1.82) is 0 Å². The molecule has 370 valence electrons. The van der Waals surface area contributed by atoms with Gasteiger partial charge in [-0.1, -0.05) is 72.3 Å². The zero-order chi connectivity index (χ0) is 48.9. The highest BCUT2D eigenvalue weighted by atomic mass is 16.5. The molecule has 4 aromatic rings. The monoisotopic (exact) mass is 949 g/mol. The summed E-state index contributed by atoms with van der Waals surface area (Å²) in [5, 5.41) is 0. The lowest BCUT2D eigenvalue weighted by atomic mass is 9.95. The zero-order valence-corrected chi connectivity index (χ0v) is 41.8. The molecule has 10 heteroatoms. The number of benzene rings is 4. The Balaban J connectivity index is 1.16. The Labute approximate surface area is 417 Å². The van der Waals surface area contributed by atoms with Gasteiger partial charge in [0.1, 0.15) is 0 Å². The van der Waals surface area contributed by atoms with Crippen molar-refractivity contribution < 1.29 is 37.9 Å². The van der Waals surface area contributed by atoms with E-state index in [1.54, 1.807) is 0 Å². The average molecular weight is 949 g/mol. The van der Waals surface area contributed by atoms with Crippen LogP contribution in [-0.2, 0) is 37.9 Å². The van der Waals surface area contributed by atoms with Crippen LogP contribution < -0.4 is 9.80 Å². The second-order valence-corrected chi connectivity index (χ2v) is 16.3. The van der Waals surface area contributed by atoms with E-state index in [0.29, 0.717) is 106 Å². The van der Waals surface area contributed by atoms with Gasteiger partial charge in [0.05, 0.1) is 79.3 Å². The van der Waals surface area contributed by atoms with Crippen LogP contribution in [-0.4, -0.2) is 132 Å². The van der Waals surface area contributed by atoms with Gasteiger partial charge < -0.3 is 47.7 Å². The molecule has 0 heterocycles. The molecule has 0 spiro atoms. The first kappa shape index (κ1) is 53.6. The molecular weight excluding hydrogens is 877 g/mol. The van der Waals surface area contributed by atoms with Gasteiger partial charge in [-0.05, 0) is 134 Å². The molecule has 0 N–H and O–H groups in total. The Morgan fingerprint density at radius 2 is 0.643 bits per heavy atom. The average Bonchev–Trinajstić information content (AvgIpc) is 3.48. The molecule has 10 nitrogen and oxygen atoms in total. The minimum absolute atomic E-state index is 0.576. The maximum absolute atomic E-state index is 5.86. The van der Waals surface area contributed by atoms with Crippen LogP contribution in [0.4, 0.5) is 11.4 Å². The number of fused-ring (bicyclic) bond motifs is 3. The van der Waals surface area contributed by atoms with E-state index in [0.717, 1.165) is 76.5 Å². The summed E-state index contributed by atoms with van der Waals surface area (Å²) in [7, 11) is 0. The second-order valence-electron chi connectivity index (χ2n) is 16.3. The van der Waals surface area contributed by atoms with Crippen molar-refractivity contribution in [2.75, 3.05) is 142 Å². The first-order valence-corrected chi connectivity index (χ1v) is 25.0. The Kier molecular flexibility index (Phi) is 24.1. The van der Waals surface area contributed by atoms with Gasteiger partial charge in [-0.3, -0.25) is 0 Å². The maximum Gasteiger partial charge on any atom is 0.0701 e. The van der Waals surface area contributed by atoms with Crippen molar-refractivity contribution in [3.63, 3.8) is 0 Å². The van der Waals surface area contributed by atoms with Crippen molar-refractivity contribution in [3.8, 4) is 34.8 Å². The fourth-order valence-electron chi connectivity index (χ4n) is 7.95. The maximum atomic E-state index is 5.86. The van der Waals surface area contributed by atoms with Crippen molar-refractivity contribution in [1.82, 2.24) is 0 Å². The SMILES string of the molecule is CCOCCOCCN(CCOCCOCC)c1ccc(C#Cc2ccc3c(c2)C(=C2C=CC=CC=C2)c2cc(C#Cc4ccc(N(CCOCCOCC)CCOCCOCC)cc4)ccc2-3)cc1. The zero-order valence-electron chi connectivity index (χ0n) is 41.8.